The molecule has 6 heteroatoms. The Labute approximate surface area is 128 Å². The average molecular weight is 361 g/mol. The Morgan fingerprint density at radius 3 is 2.05 bits per heavy atom. The number of rotatable bonds is 5. The van der Waals surface area contributed by atoms with E-state index in [9.17, 15) is 13.2 Å². The van der Waals surface area contributed by atoms with Gasteiger partial charge in [-0.3, -0.25) is 0 Å². The first-order valence-electron chi connectivity index (χ1n) is 6.13. The van der Waals surface area contributed by atoms with Crippen molar-refractivity contribution in [1.82, 2.24) is 0 Å². The second-order valence-corrected chi connectivity index (χ2v) is 5.09. The van der Waals surface area contributed by atoms with Crippen molar-refractivity contribution in [1.29, 1.82) is 0 Å². The van der Waals surface area contributed by atoms with E-state index in [1.165, 1.54) is 12.1 Å². The molecule has 0 atom stereocenters. The third kappa shape index (κ3) is 4.97. The minimum Gasteiger partial charge on any atom is -0.490 e. The number of benzene rings is 2. The molecule has 0 saturated heterocycles. The topological polar surface area (TPSA) is 18.5 Å². The summed E-state index contributed by atoms with van der Waals surface area (Å²) in [5.41, 5.74) is -0.694. The van der Waals surface area contributed by atoms with Crippen LogP contribution < -0.4 is 9.47 Å². The predicted octanol–water partition coefficient (Wildman–Crippen LogP) is 4.93. The molecule has 2 aromatic carbocycles. The van der Waals surface area contributed by atoms with E-state index in [0.717, 1.165) is 16.6 Å². The van der Waals surface area contributed by atoms with Gasteiger partial charge in [0.25, 0.3) is 0 Å². The fourth-order valence-electron chi connectivity index (χ4n) is 1.62. The minimum absolute atomic E-state index is 0.248. The van der Waals surface area contributed by atoms with Crippen molar-refractivity contribution in [3.63, 3.8) is 0 Å². The molecule has 21 heavy (non-hydrogen) atoms. The van der Waals surface area contributed by atoms with Crippen molar-refractivity contribution in [2.24, 2.45) is 0 Å². The molecule has 0 N–H and O–H groups in total. The zero-order valence-corrected chi connectivity index (χ0v) is 12.4. The van der Waals surface area contributed by atoms with Crippen LogP contribution in [-0.2, 0) is 6.18 Å². The molecule has 0 spiro atoms. The summed E-state index contributed by atoms with van der Waals surface area (Å²) in [4.78, 5) is 0. The van der Waals surface area contributed by atoms with Crippen LogP contribution in [0.2, 0.25) is 0 Å². The molecule has 0 aromatic heterocycles. The molecule has 0 aliphatic carbocycles. The van der Waals surface area contributed by atoms with Gasteiger partial charge in [-0.25, -0.2) is 0 Å². The second kappa shape index (κ2) is 6.85. The van der Waals surface area contributed by atoms with Gasteiger partial charge in [-0.2, -0.15) is 13.2 Å². The van der Waals surface area contributed by atoms with Crippen LogP contribution in [0.5, 0.6) is 11.5 Å². The highest BCUT2D eigenvalue weighted by Gasteiger charge is 2.29. The Hall–Kier alpha value is -1.69. The Morgan fingerprint density at radius 2 is 1.48 bits per heavy atom. The summed E-state index contributed by atoms with van der Waals surface area (Å²) >= 11 is 3.33. The largest absolute Gasteiger partial charge is 0.490 e. The van der Waals surface area contributed by atoms with E-state index < -0.39 is 11.7 Å². The van der Waals surface area contributed by atoms with Gasteiger partial charge in [-0.05, 0) is 42.5 Å². The van der Waals surface area contributed by atoms with Gasteiger partial charge in [0.15, 0.2) is 0 Å². The normalized spacial score (nSPS) is 11.2. The molecule has 2 rings (SSSR count). The smallest absolute Gasteiger partial charge is 0.416 e. The van der Waals surface area contributed by atoms with E-state index >= 15 is 0 Å². The van der Waals surface area contributed by atoms with Gasteiger partial charge < -0.3 is 9.47 Å². The molecule has 0 aliphatic heterocycles. The lowest BCUT2D eigenvalue weighted by molar-refractivity contribution is -0.137. The van der Waals surface area contributed by atoms with Crippen LogP contribution in [0.25, 0.3) is 0 Å². The highest BCUT2D eigenvalue weighted by atomic mass is 79.9. The molecule has 0 fully saturated rings. The fraction of sp³-hybridized carbons (Fsp3) is 0.200. The SMILES string of the molecule is FC(F)(F)c1ccc(OCCOc2cccc(Br)c2)cc1. The molecule has 0 bridgehead atoms. The maximum atomic E-state index is 12.4. The lowest BCUT2D eigenvalue weighted by Gasteiger charge is -2.10. The van der Waals surface area contributed by atoms with E-state index in [2.05, 4.69) is 15.9 Å². The summed E-state index contributed by atoms with van der Waals surface area (Å²) in [5.74, 6) is 1.07. The quantitative estimate of drug-likeness (QED) is 0.704. The van der Waals surface area contributed by atoms with Crippen molar-refractivity contribution >= 4 is 15.9 Å². The van der Waals surface area contributed by atoms with Crippen LogP contribution in [0.15, 0.2) is 53.0 Å². The number of halogens is 4. The molecule has 0 aliphatic rings. The van der Waals surface area contributed by atoms with Crippen molar-refractivity contribution < 1.29 is 22.6 Å². The third-order valence-corrected chi connectivity index (χ3v) is 3.09. The van der Waals surface area contributed by atoms with E-state index in [0.29, 0.717) is 18.1 Å². The summed E-state index contributed by atoms with van der Waals surface area (Å²) in [7, 11) is 0. The number of hydrogen-bond donors (Lipinski definition) is 0. The fourth-order valence-corrected chi connectivity index (χ4v) is 1.99. The summed E-state index contributed by atoms with van der Waals surface area (Å²) < 4.78 is 48.8. The first-order valence-corrected chi connectivity index (χ1v) is 6.93. The molecule has 0 radical (unpaired) electrons. The molecule has 0 heterocycles. The zero-order valence-electron chi connectivity index (χ0n) is 10.9. The van der Waals surface area contributed by atoms with Gasteiger partial charge in [0.2, 0.25) is 0 Å². The summed E-state index contributed by atoms with van der Waals surface area (Å²) in [5, 5.41) is 0. The Bertz CT molecular complexity index is 582. The van der Waals surface area contributed by atoms with Crippen LogP contribution in [0, 0.1) is 0 Å². The minimum atomic E-state index is -4.33. The molecular formula is C15H12BrF3O2. The van der Waals surface area contributed by atoms with Gasteiger partial charge in [0, 0.05) is 4.47 Å². The maximum absolute atomic E-state index is 12.4. The zero-order chi connectivity index (χ0) is 15.3. The van der Waals surface area contributed by atoms with Crippen molar-refractivity contribution in [2.75, 3.05) is 13.2 Å². The number of ether oxygens (including phenoxy) is 2. The van der Waals surface area contributed by atoms with Gasteiger partial charge in [0.1, 0.15) is 24.7 Å². The third-order valence-electron chi connectivity index (χ3n) is 2.60. The van der Waals surface area contributed by atoms with Crippen LogP contribution >= 0.6 is 15.9 Å². The molecule has 0 unspecified atom stereocenters. The van der Waals surface area contributed by atoms with Crippen molar-refractivity contribution in [3.8, 4) is 11.5 Å². The van der Waals surface area contributed by atoms with Crippen molar-refractivity contribution in [3.05, 3.63) is 58.6 Å². The van der Waals surface area contributed by atoms with Crippen LogP contribution in [0.4, 0.5) is 13.2 Å². The Morgan fingerprint density at radius 1 is 0.857 bits per heavy atom. The summed E-state index contributed by atoms with van der Waals surface area (Å²) in [6, 6.07) is 11.9. The average Bonchev–Trinajstić information content (AvgIpc) is 2.43. The highest BCUT2D eigenvalue weighted by Crippen LogP contribution is 2.30. The molecule has 0 saturated carbocycles. The van der Waals surface area contributed by atoms with Gasteiger partial charge >= 0.3 is 6.18 Å². The van der Waals surface area contributed by atoms with Gasteiger partial charge in [-0.15, -0.1) is 0 Å². The van der Waals surface area contributed by atoms with Gasteiger partial charge in [-0.1, -0.05) is 22.0 Å². The monoisotopic (exact) mass is 360 g/mol. The van der Waals surface area contributed by atoms with Crippen LogP contribution in [0.3, 0.4) is 0 Å². The van der Waals surface area contributed by atoms with Gasteiger partial charge in [0.05, 0.1) is 5.56 Å². The summed E-state index contributed by atoms with van der Waals surface area (Å²) in [6.45, 7) is 0.551. The maximum Gasteiger partial charge on any atom is 0.416 e. The van der Waals surface area contributed by atoms with E-state index in [4.69, 9.17) is 9.47 Å². The standard InChI is InChI=1S/C15H12BrF3O2/c16-12-2-1-3-14(10-12)21-9-8-20-13-6-4-11(5-7-13)15(17,18)19/h1-7,10H,8-9H2. The molecular weight excluding hydrogens is 349 g/mol. The molecule has 2 nitrogen and oxygen atoms in total. The highest BCUT2D eigenvalue weighted by molar-refractivity contribution is 9.10. The first kappa shape index (κ1) is 15.7. The predicted molar refractivity (Wildman–Crippen MR) is 76.6 cm³/mol. The molecule has 2 aromatic rings. The van der Waals surface area contributed by atoms with Crippen LogP contribution in [0.1, 0.15) is 5.56 Å². The lowest BCUT2D eigenvalue weighted by Crippen LogP contribution is -2.09. The van der Waals surface area contributed by atoms with E-state index in [1.54, 1.807) is 0 Å². The van der Waals surface area contributed by atoms with Crippen LogP contribution in [-0.4, -0.2) is 13.2 Å². The second-order valence-electron chi connectivity index (χ2n) is 4.18. The van der Waals surface area contributed by atoms with E-state index in [1.807, 2.05) is 24.3 Å². The Kier molecular flexibility index (Phi) is 5.12. The Balaban J connectivity index is 1.79. The van der Waals surface area contributed by atoms with E-state index in [-0.39, 0.29) is 6.61 Å². The lowest BCUT2D eigenvalue weighted by atomic mass is 10.2. The summed E-state index contributed by atoms with van der Waals surface area (Å²) in [6.07, 6.45) is -4.33. The van der Waals surface area contributed by atoms with Crippen molar-refractivity contribution in [2.45, 2.75) is 6.18 Å². The first-order chi connectivity index (χ1) is 9.95. The molecule has 112 valence electrons. The number of hydrogen-bond acceptors (Lipinski definition) is 2. The number of alkyl halides is 3. The molecule has 0 amide bonds.